The molecule has 1 N–H and O–H groups in total. The van der Waals surface area contributed by atoms with E-state index in [-0.39, 0.29) is 12.1 Å². The second-order valence-corrected chi connectivity index (χ2v) is 11.9. The van der Waals surface area contributed by atoms with Gasteiger partial charge in [0.25, 0.3) is 5.19 Å². The molecule has 1 unspecified atom stereocenters. The highest BCUT2D eigenvalue weighted by molar-refractivity contribution is 7.88. The summed E-state index contributed by atoms with van der Waals surface area (Å²) in [6, 6.07) is 13.8. The van der Waals surface area contributed by atoms with Crippen molar-refractivity contribution in [1.82, 2.24) is 14.6 Å². The standard InChI is InChI=1S/C23H26ClN3O4S2/c1-33(28,29)27-16-5-6-17(27)14-15(13-16)25-11-12-30-18-7-9-19(10-8-18)31-23-26-22-20(24)3-2-4-21(22)32-23/h2-4,7-10,15-17,25H,5-6,11-14H2,1H3/t15?,16-,17+. The molecule has 2 fully saturated rings. The highest BCUT2D eigenvalue weighted by atomic mass is 35.5. The first-order valence-corrected chi connectivity index (χ1v) is 14.1. The van der Waals surface area contributed by atoms with Crippen LogP contribution in [0.25, 0.3) is 10.2 Å². The maximum Gasteiger partial charge on any atom is 0.279 e. The predicted molar refractivity (Wildman–Crippen MR) is 131 cm³/mol. The molecule has 0 radical (unpaired) electrons. The molecule has 33 heavy (non-hydrogen) atoms. The summed E-state index contributed by atoms with van der Waals surface area (Å²) in [5, 5.41) is 4.70. The second kappa shape index (κ2) is 9.38. The molecule has 0 saturated carbocycles. The lowest BCUT2D eigenvalue weighted by Crippen LogP contribution is -2.51. The Morgan fingerprint density at radius 1 is 1.12 bits per heavy atom. The lowest BCUT2D eigenvalue weighted by molar-refractivity contribution is 0.201. The first-order valence-electron chi connectivity index (χ1n) is 11.0. The Balaban J connectivity index is 1.08. The molecule has 2 saturated heterocycles. The average molecular weight is 508 g/mol. The fourth-order valence-electron chi connectivity index (χ4n) is 4.92. The van der Waals surface area contributed by atoms with Crippen LogP contribution >= 0.6 is 22.9 Å². The fourth-order valence-corrected chi connectivity index (χ4v) is 7.52. The summed E-state index contributed by atoms with van der Waals surface area (Å²) in [6.07, 6.45) is 4.99. The van der Waals surface area contributed by atoms with Gasteiger partial charge in [0, 0.05) is 24.7 Å². The summed E-state index contributed by atoms with van der Waals surface area (Å²) >= 11 is 7.64. The smallest absolute Gasteiger partial charge is 0.279 e. The van der Waals surface area contributed by atoms with Crippen LogP contribution in [0.1, 0.15) is 25.7 Å². The van der Waals surface area contributed by atoms with E-state index < -0.39 is 10.0 Å². The first kappa shape index (κ1) is 22.9. The Morgan fingerprint density at radius 3 is 2.48 bits per heavy atom. The number of sulfonamides is 1. The number of rotatable bonds is 8. The number of thiazole rings is 1. The van der Waals surface area contributed by atoms with Crippen molar-refractivity contribution in [2.24, 2.45) is 0 Å². The molecule has 2 aromatic carbocycles. The zero-order valence-electron chi connectivity index (χ0n) is 18.2. The Morgan fingerprint density at radius 2 is 1.82 bits per heavy atom. The third-order valence-electron chi connectivity index (χ3n) is 6.23. The van der Waals surface area contributed by atoms with Crippen LogP contribution in [0.3, 0.4) is 0 Å². The summed E-state index contributed by atoms with van der Waals surface area (Å²) in [6.45, 7) is 1.26. The molecule has 2 aliphatic heterocycles. The lowest BCUT2D eigenvalue weighted by atomic mass is 10.00. The molecular weight excluding hydrogens is 482 g/mol. The van der Waals surface area contributed by atoms with Crippen molar-refractivity contribution < 1.29 is 17.9 Å². The highest BCUT2D eigenvalue weighted by Gasteiger charge is 2.44. The number of benzene rings is 2. The first-order chi connectivity index (χ1) is 15.9. The van der Waals surface area contributed by atoms with E-state index in [2.05, 4.69) is 10.3 Å². The van der Waals surface area contributed by atoms with Crippen LogP contribution < -0.4 is 14.8 Å². The summed E-state index contributed by atoms with van der Waals surface area (Å²) in [7, 11) is -3.12. The Kier molecular flexibility index (Phi) is 6.50. The average Bonchev–Trinajstić information content (AvgIpc) is 3.31. The van der Waals surface area contributed by atoms with Gasteiger partial charge in [0.15, 0.2) is 0 Å². The molecule has 0 spiro atoms. The quantitative estimate of drug-likeness (QED) is 0.446. The SMILES string of the molecule is CS(=O)(=O)N1[C@@H]2CC[C@H]1CC(NCCOc1ccc(Oc3nc4c(Cl)cccc4s3)cc1)C2. The molecule has 7 nitrogen and oxygen atoms in total. The molecule has 2 aliphatic rings. The van der Waals surface area contributed by atoms with E-state index in [1.807, 2.05) is 42.5 Å². The third kappa shape index (κ3) is 5.12. The van der Waals surface area contributed by atoms with Gasteiger partial charge in [-0.1, -0.05) is 29.0 Å². The summed E-state index contributed by atoms with van der Waals surface area (Å²) in [4.78, 5) is 4.46. The van der Waals surface area contributed by atoms with Crippen molar-refractivity contribution in [3.05, 3.63) is 47.5 Å². The lowest BCUT2D eigenvalue weighted by Gasteiger charge is -2.37. The van der Waals surface area contributed by atoms with Crippen LogP contribution in [-0.4, -0.2) is 55.2 Å². The Labute approximate surface area is 202 Å². The van der Waals surface area contributed by atoms with Gasteiger partial charge < -0.3 is 14.8 Å². The van der Waals surface area contributed by atoms with Crippen molar-refractivity contribution in [2.45, 2.75) is 43.8 Å². The second-order valence-electron chi connectivity index (χ2n) is 8.59. The van der Waals surface area contributed by atoms with Gasteiger partial charge in [-0.25, -0.2) is 13.4 Å². The Hall–Kier alpha value is -1.91. The predicted octanol–water partition coefficient (Wildman–Crippen LogP) is 4.67. The molecule has 2 bridgehead atoms. The molecule has 0 aliphatic carbocycles. The Bertz CT molecular complexity index is 1220. The minimum Gasteiger partial charge on any atom is -0.492 e. The summed E-state index contributed by atoms with van der Waals surface area (Å²) in [5.41, 5.74) is 0.751. The number of fused-ring (bicyclic) bond motifs is 3. The van der Waals surface area contributed by atoms with Crippen LogP contribution in [0.2, 0.25) is 5.02 Å². The zero-order chi connectivity index (χ0) is 23.0. The topological polar surface area (TPSA) is 80.8 Å². The van der Waals surface area contributed by atoms with Gasteiger partial charge >= 0.3 is 0 Å². The fraction of sp³-hybridized carbons (Fsp3) is 0.435. The minimum absolute atomic E-state index is 0.135. The molecule has 3 aromatic rings. The number of nitrogens with zero attached hydrogens (tertiary/aromatic N) is 2. The number of hydrogen-bond acceptors (Lipinski definition) is 7. The molecule has 1 aromatic heterocycles. The molecule has 3 atom stereocenters. The van der Waals surface area contributed by atoms with Crippen LogP contribution in [0, 0.1) is 0 Å². The van der Waals surface area contributed by atoms with E-state index in [1.54, 1.807) is 4.31 Å². The van der Waals surface area contributed by atoms with E-state index >= 15 is 0 Å². The summed E-state index contributed by atoms with van der Waals surface area (Å²) < 4.78 is 38.5. The highest BCUT2D eigenvalue weighted by Crippen LogP contribution is 2.37. The van der Waals surface area contributed by atoms with E-state index in [4.69, 9.17) is 21.1 Å². The van der Waals surface area contributed by atoms with Gasteiger partial charge in [-0.05, 0) is 62.1 Å². The molecule has 3 heterocycles. The number of halogens is 1. The van der Waals surface area contributed by atoms with E-state index in [0.29, 0.717) is 35.2 Å². The van der Waals surface area contributed by atoms with Crippen molar-refractivity contribution in [1.29, 1.82) is 0 Å². The van der Waals surface area contributed by atoms with Crippen molar-refractivity contribution >= 4 is 43.2 Å². The number of piperidine rings is 1. The number of nitrogens with one attached hydrogen (secondary N) is 1. The number of ether oxygens (including phenoxy) is 2. The largest absolute Gasteiger partial charge is 0.492 e. The van der Waals surface area contributed by atoms with Gasteiger partial charge in [-0.2, -0.15) is 4.31 Å². The van der Waals surface area contributed by atoms with Crippen molar-refractivity contribution in [3.63, 3.8) is 0 Å². The van der Waals surface area contributed by atoms with Crippen LogP contribution in [0.15, 0.2) is 42.5 Å². The van der Waals surface area contributed by atoms with Crippen LogP contribution in [0.4, 0.5) is 0 Å². The molecule has 10 heteroatoms. The number of hydrogen-bond donors (Lipinski definition) is 1. The zero-order valence-corrected chi connectivity index (χ0v) is 20.6. The van der Waals surface area contributed by atoms with Gasteiger partial charge in [-0.3, -0.25) is 0 Å². The van der Waals surface area contributed by atoms with Crippen LogP contribution in [-0.2, 0) is 10.0 Å². The van der Waals surface area contributed by atoms with Gasteiger partial charge in [0.1, 0.15) is 23.6 Å². The van der Waals surface area contributed by atoms with E-state index in [1.165, 1.54) is 17.6 Å². The molecule has 5 rings (SSSR count). The van der Waals surface area contributed by atoms with E-state index in [0.717, 1.165) is 41.6 Å². The normalized spacial score (nSPS) is 23.2. The van der Waals surface area contributed by atoms with Gasteiger partial charge in [0.05, 0.1) is 16.0 Å². The maximum absolute atomic E-state index is 12.0. The van der Waals surface area contributed by atoms with Crippen LogP contribution in [0.5, 0.6) is 16.7 Å². The summed E-state index contributed by atoms with van der Waals surface area (Å²) in [5.74, 6) is 1.45. The van der Waals surface area contributed by atoms with Crippen molar-refractivity contribution in [3.8, 4) is 16.7 Å². The number of para-hydroxylation sites is 1. The minimum atomic E-state index is -3.12. The van der Waals surface area contributed by atoms with E-state index in [9.17, 15) is 8.42 Å². The molecular formula is C23H26ClN3O4S2. The number of aromatic nitrogens is 1. The maximum atomic E-state index is 12.0. The van der Waals surface area contributed by atoms with Crippen molar-refractivity contribution in [2.75, 3.05) is 19.4 Å². The van der Waals surface area contributed by atoms with Gasteiger partial charge in [0.2, 0.25) is 10.0 Å². The molecule has 176 valence electrons. The molecule has 0 amide bonds. The third-order valence-corrected chi connectivity index (χ3v) is 8.80. The van der Waals surface area contributed by atoms with Gasteiger partial charge in [-0.15, -0.1) is 0 Å². The monoisotopic (exact) mass is 507 g/mol.